The molecule has 5 nitrogen and oxygen atoms in total. The molecule has 0 bridgehead atoms. The Bertz CT molecular complexity index is 763. The number of hydrogen-bond donors (Lipinski definition) is 1. The monoisotopic (exact) mass is 456 g/mol. The Morgan fingerprint density at radius 3 is 2.20 bits per heavy atom. The van der Waals surface area contributed by atoms with Gasteiger partial charge in [-0.3, -0.25) is 0 Å². The number of carbonyl (C=O) groups is 1. The molecule has 0 heterocycles. The SMILES string of the molecule is COc1ccc(C(=O)O)c(OC)c1-c1cc(C)c(OCCI)c(C)c1. The molecule has 6 heteroatoms. The van der Waals surface area contributed by atoms with Crippen LogP contribution in [-0.4, -0.2) is 36.3 Å². The molecule has 0 fully saturated rings. The van der Waals surface area contributed by atoms with E-state index in [2.05, 4.69) is 22.6 Å². The van der Waals surface area contributed by atoms with E-state index in [1.54, 1.807) is 13.2 Å². The van der Waals surface area contributed by atoms with Gasteiger partial charge in [-0.1, -0.05) is 22.6 Å². The summed E-state index contributed by atoms with van der Waals surface area (Å²) in [6, 6.07) is 7.05. The molecule has 1 N–H and O–H groups in total. The molecule has 0 aromatic heterocycles. The van der Waals surface area contributed by atoms with Crippen LogP contribution in [0.25, 0.3) is 11.1 Å². The number of benzene rings is 2. The van der Waals surface area contributed by atoms with Crippen LogP contribution in [0, 0.1) is 13.8 Å². The molecule has 0 aliphatic rings. The van der Waals surface area contributed by atoms with Crippen molar-refractivity contribution in [3.63, 3.8) is 0 Å². The topological polar surface area (TPSA) is 65.0 Å². The number of rotatable bonds is 7. The normalized spacial score (nSPS) is 10.4. The second-order valence-corrected chi connectivity index (χ2v) is 6.58. The lowest BCUT2D eigenvalue weighted by atomic mass is 9.96. The van der Waals surface area contributed by atoms with Gasteiger partial charge in [0, 0.05) is 4.43 Å². The van der Waals surface area contributed by atoms with E-state index in [-0.39, 0.29) is 11.3 Å². The van der Waals surface area contributed by atoms with Crippen LogP contribution in [-0.2, 0) is 0 Å². The smallest absolute Gasteiger partial charge is 0.339 e. The molecular formula is C19H21IO5. The first-order chi connectivity index (χ1) is 11.9. The Hall–Kier alpha value is -1.96. The molecule has 2 aromatic carbocycles. The number of carboxylic acids is 1. The van der Waals surface area contributed by atoms with Crippen molar-refractivity contribution < 1.29 is 24.1 Å². The van der Waals surface area contributed by atoms with E-state index in [4.69, 9.17) is 14.2 Å². The van der Waals surface area contributed by atoms with Crippen molar-refractivity contribution in [2.45, 2.75) is 13.8 Å². The molecule has 0 amide bonds. The van der Waals surface area contributed by atoms with Crippen LogP contribution in [0.5, 0.6) is 17.2 Å². The van der Waals surface area contributed by atoms with Crippen molar-refractivity contribution in [2.75, 3.05) is 25.3 Å². The fourth-order valence-corrected chi connectivity index (χ4v) is 3.07. The van der Waals surface area contributed by atoms with E-state index in [1.165, 1.54) is 13.2 Å². The first kappa shape index (κ1) is 19.4. The first-order valence-corrected chi connectivity index (χ1v) is 9.25. The van der Waals surface area contributed by atoms with Crippen LogP contribution in [0.2, 0.25) is 0 Å². The van der Waals surface area contributed by atoms with Gasteiger partial charge in [-0.15, -0.1) is 0 Å². The van der Waals surface area contributed by atoms with Crippen molar-refractivity contribution in [1.82, 2.24) is 0 Å². The van der Waals surface area contributed by atoms with E-state index in [0.29, 0.717) is 17.9 Å². The van der Waals surface area contributed by atoms with Gasteiger partial charge in [0.15, 0.2) is 0 Å². The highest BCUT2D eigenvalue weighted by molar-refractivity contribution is 14.1. The lowest BCUT2D eigenvalue weighted by Gasteiger charge is -2.18. The Balaban J connectivity index is 2.68. The highest BCUT2D eigenvalue weighted by Crippen LogP contribution is 2.42. The number of methoxy groups -OCH3 is 2. The van der Waals surface area contributed by atoms with Crippen molar-refractivity contribution in [3.05, 3.63) is 41.0 Å². The molecule has 0 unspecified atom stereocenters. The summed E-state index contributed by atoms with van der Waals surface area (Å²) in [5.74, 6) is 0.650. The van der Waals surface area contributed by atoms with Crippen molar-refractivity contribution in [3.8, 4) is 28.4 Å². The van der Waals surface area contributed by atoms with Crippen LogP contribution in [0.3, 0.4) is 0 Å². The average Bonchev–Trinajstić information content (AvgIpc) is 2.59. The minimum atomic E-state index is -1.05. The molecule has 0 spiro atoms. The van der Waals surface area contributed by atoms with Gasteiger partial charge >= 0.3 is 5.97 Å². The summed E-state index contributed by atoms with van der Waals surface area (Å²) < 4.78 is 17.6. The summed E-state index contributed by atoms with van der Waals surface area (Å²) >= 11 is 2.27. The second kappa shape index (κ2) is 8.42. The maximum atomic E-state index is 11.5. The molecule has 0 radical (unpaired) electrons. The third kappa shape index (κ3) is 4.00. The predicted molar refractivity (Wildman–Crippen MR) is 106 cm³/mol. The molecule has 25 heavy (non-hydrogen) atoms. The molecule has 0 atom stereocenters. The summed E-state index contributed by atoms with van der Waals surface area (Å²) in [5.41, 5.74) is 3.50. The maximum absolute atomic E-state index is 11.5. The Labute approximate surface area is 161 Å². The minimum Gasteiger partial charge on any atom is -0.496 e. The van der Waals surface area contributed by atoms with Gasteiger partial charge in [-0.25, -0.2) is 4.79 Å². The van der Waals surface area contributed by atoms with Crippen LogP contribution in [0.4, 0.5) is 0 Å². The Morgan fingerprint density at radius 2 is 1.72 bits per heavy atom. The van der Waals surface area contributed by atoms with Gasteiger partial charge in [-0.2, -0.15) is 0 Å². The lowest BCUT2D eigenvalue weighted by molar-refractivity contribution is 0.0693. The van der Waals surface area contributed by atoms with E-state index in [9.17, 15) is 9.90 Å². The van der Waals surface area contributed by atoms with Gasteiger partial charge in [0.25, 0.3) is 0 Å². The van der Waals surface area contributed by atoms with Gasteiger partial charge in [0.2, 0.25) is 0 Å². The number of alkyl halides is 1. The van der Waals surface area contributed by atoms with E-state index >= 15 is 0 Å². The Morgan fingerprint density at radius 1 is 1.08 bits per heavy atom. The zero-order valence-corrected chi connectivity index (χ0v) is 16.8. The number of aryl methyl sites for hydroxylation is 2. The maximum Gasteiger partial charge on any atom is 0.339 e. The molecule has 134 valence electrons. The highest BCUT2D eigenvalue weighted by Gasteiger charge is 2.21. The number of aromatic carboxylic acids is 1. The third-order valence-corrected chi connectivity index (χ3v) is 4.29. The molecule has 0 aliphatic carbocycles. The third-order valence-electron chi connectivity index (χ3n) is 3.85. The van der Waals surface area contributed by atoms with Crippen LogP contribution in [0.1, 0.15) is 21.5 Å². The van der Waals surface area contributed by atoms with Gasteiger partial charge in [0.05, 0.1) is 26.4 Å². The summed E-state index contributed by atoms with van der Waals surface area (Å²) in [4.78, 5) is 11.5. The molecule has 0 aliphatic heterocycles. The predicted octanol–water partition coefficient (Wildman–Crippen LogP) is 4.50. The van der Waals surface area contributed by atoms with E-state index < -0.39 is 5.97 Å². The molecular weight excluding hydrogens is 435 g/mol. The van der Waals surface area contributed by atoms with Crippen molar-refractivity contribution in [1.29, 1.82) is 0 Å². The zero-order chi connectivity index (χ0) is 18.6. The summed E-state index contributed by atoms with van der Waals surface area (Å²) in [7, 11) is 3.01. The highest BCUT2D eigenvalue weighted by atomic mass is 127. The summed E-state index contributed by atoms with van der Waals surface area (Å²) in [6.07, 6.45) is 0. The minimum absolute atomic E-state index is 0.0962. The fourth-order valence-electron chi connectivity index (χ4n) is 2.85. The van der Waals surface area contributed by atoms with E-state index in [1.807, 2.05) is 26.0 Å². The first-order valence-electron chi connectivity index (χ1n) is 7.73. The van der Waals surface area contributed by atoms with Crippen LogP contribution >= 0.6 is 22.6 Å². The van der Waals surface area contributed by atoms with Gasteiger partial charge in [0.1, 0.15) is 22.8 Å². The largest absolute Gasteiger partial charge is 0.496 e. The average molecular weight is 456 g/mol. The number of ether oxygens (including phenoxy) is 3. The fraction of sp³-hybridized carbons (Fsp3) is 0.316. The van der Waals surface area contributed by atoms with Crippen molar-refractivity contribution >= 4 is 28.6 Å². The molecule has 0 saturated heterocycles. The van der Waals surface area contributed by atoms with Crippen LogP contribution < -0.4 is 14.2 Å². The number of hydrogen-bond acceptors (Lipinski definition) is 4. The summed E-state index contributed by atoms with van der Waals surface area (Å²) in [6.45, 7) is 4.58. The Kier molecular flexibility index (Phi) is 6.52. The molecule has 0 saturated carbocycles. The standard InChI is InChI=1S/C19H21IO5/c1-11-9-13(10-12(2)17(11)25-8-7-20)16-15(23-3)6-5-14(19(21)22)18(16)24-4/h5-6,9-10H,7-8H2,1-4H3,(H,21,22). The second-order valence-electron chi connectivity index (χ2n) is 5.51. The van der Waals surface area contributed by atoms with E-state index in [0.717, 1.165) is 26.9 Å². The van der Waals surface area contributed by atoms with Gasteiger partial charge < -0.3 is 19.3 Å². The summed E-state index contributed by atoms with van der Waals surface area (Å²) in [5, 5.41) is 9.44. The van der Waals surface area contributed by atoms with Crippen LogP contribution in [0.15, 0.2) is 24.3 Å². The lowest BCUT2D eigenvalue weighted by Crippen LogP contribution is -2.04. The molecule has 2 aromatic rings. The van der Waals surface area contributed by atoms with Crippen molar-refractivity contribution in [2.24, 2.45) is 0 Å². The number of carboxylic acid groups (broad SMARTS) is 1. The quantitative estimate of drug-likeness (QED) is 0.491. The van der Waals surface area contributed by atoms with Gasteiger partial charge in [-0.05, 0) is 54.8 Å². The molecule has 2 rings (SSSR count). The zero-order valence-electron chi connectivity index (χ0n) is 14.7. The number of halogens is 1.